The average Bonchev–Trinajstić information content (AvgIpc) is 2.78. The zero-order chi connectivity index (χ0) is 27.8. The Kier molecular flexibility index (Phi) is 11.4. The average molecular weight is 515 g/mol. The number of aliphatic hydroxyl groups excluding tert-OH is 2. The van der Waals surface area contributed by atoms with Crippen molar-refractivity contribution in [2.45, 2.75) is 46.2 Å². The van der Waals surface area contributed by atoms with Crippen LogP contribution in [0.5, 0.6) is 5.75 Å². The number of ether oxygens (including phenoxy) is 1. The minimum atomic E-state index is -4.82. The fourth-order valence-corrected chi connectivity index (χ4v) is 3.68. The van der Waals surface area contributed by atoms with Crippen molar-refractivity contribution in [1.29, 1.82) is 0 Å². The van der Waals surface area contributed by atoms with Crippen LogP contribution in [-0.4, -0.2) is 55.1 Å². The van der Waals surface area contributed by atoms with E-state index in [4.69, 9.17) is 0 Å². The van der Waals surface area contributed by atoms with E-state index in [1.54, 1.807) is 32.0 Å². The molecule has 0 spiro atoms. The highest BCUT2D eigenvalue weighted by molar-refractivity contribution is 5.90. The molecule has 0 radical (unpaired) electrons. The van der Waals surface area contributed by atoms with Gasteiger partial charge in [0.1, 0.15) is 11.9 Å². The van der Waals surface area contributed by atoms with Crippen molar-refractivity contribution < 1.29 is 37.3 Å². The van der Waals surface area contributed by atoms with E-state index in [0.717, 1.165) is 4.90 Å². The summed E-state index contributed by atoms with van der Waals surface area (Å²) in [6.07, 6.45) is -4.85. The molecule has 2 N–H and O–H groups in total. The highest BCUT2D eigenvalue weighted by atomic mass is 19.4. The first-order valence-corrected chi connectivity index (χ1v) is 11.3. The third-order valence-corrected chi connectivity index (χ3v) is 5.02. The van der Waals surface area contributed by atoms with Gasteiger partial charge in [0.2, 0.25) is 0 Å². The van der Waals surface area contributed by atoms with Gasteiger partial charge in [0.15, 0.2) is 5.83 Å². The van der Waals surface area contributed by atoms with E-state index in [1.165, 1.54) is 37.7 Å². The predicted molar refractivity (Wildman–Crippen MR) is 132 cm³/mol. The Labute approximate surface area is 209 Å². The zero-order valence-corrected chi connectivity index (χ0v) is 21.4. The largest absolute Gasteiger partial charge is 0.573 e. The maximum absolute atomic E-state index is 13.4. The number of anilines is 1. The van der Waals surface area contributed by atoms with Gasteiger partial charge in [0.05, 0.1) is 6.61 Å². The molecule has 0 saturated heterocycles. The molecular weight excluding hydrogens is 480 g/mol. The van der Waals surface area contributed by atoms with Crippen molar-refractivity contribution >= 4 is 11.6 Å². The second kappa shape index (κ2) is 13.3. The van der Waals surface area contributed by atoms with Gasteiger partial charge in [0.25, 0.3) is 5.91 Å². The Balaban J connectivity index is 0.00000205. The first kappa shape index (κ1) is 30.9. The molecule has 1 unspecified atom stereocenters. The van der Waals surface area contributed by atoms with Crippen LogP contribution in [-0.2, 0) is 11.3 Å². The highest BCUT2D eigenvalue weighted by Crippen LogP contribution is 2.40. The third kappa shape index (κ3) is 8.23. The van der Waals surface area contributed by atoms with Gasteiger partial charge < -0.3 is 24.7 Å². The van der Waals surface area contributed by atoms with Crippen LogP contribution in [0.25, 0.3) is 11.1 Å². The van der Waals surface area contributed by atoms with Gasteiger partial charge in [-0.25, -0.2) is 4.39 Å². The minimum absolute atomic E-state index is 0.114. The van der Waals surface area contributed by atoms with E-state index in [2.05, 4.69) is 25.2 Å². The number of likely N-dealkylation sites (N-methyl/N-ethyl adjacent to an activating group) is 1. The number of benzene rings is 2. The number of halogens is 4. The summed E-state index contributed by atoms with van der Waals surface area (Å²) in [5.41, 5.74) is 3.18. The highest BCUT2D eigenvalue weighted by Gasteiger charge is 2.31. The summed E-state index contributed by atoms with van der Waals surface area (Å²) in [6, 6.07) is 6.91. The van der Waals surface area contributed by atoms with Gasteiger partial charge in [-0.15, -0.1) is 13.2 Å². The van der Waals surface area contributed by atoms with Crippen molar-refractivity contribution in [2.75, 3.05) is 32.6 Å². The van der Waals surface area contributed by atoms with Crippen LogP contribution in [0, 0.1) is 6.92 Å². The molecule has 10 heteroatoms. The van der Waals surface area contributed by atoms with Gasteiger partial charge in [-0.3, -0.25) is 4.79 Å². The van der Waals surface area contributed by atoms with E-state index in [1.807, 2.05) is 0 Å². The maximum Gasteiger partial charge on any atom is 0.573 e. The number of amides is 1. The number of aliphatic hydroxyl groups is 2. The van der Waals surface area contributed by atoms with Gasteiger partial charge in [-0.2, -0.15) is 0 Å². The molecule has 36 heavy (non-hydrogen) atoms. The van der Waals surface area contributed by atoms with E-state index >= 15 is 0 Å². The summed E-state index contributed by atoms with van der Waals surface area (Å²) in [4.78, 5) is 14.8. The Bertz CT molecular complexity index is 1040. The quantitative estimate of drug-likeness (QED) is 0.359. The fraction of sp³-hybridized carbons (Fsp3) is 0.423. The minimum Gasteiger partial charge on any atom is -0.406 e. The Morgan fingerprint density at radius 3 is 2.08 bits per heavy atom. The topological polar surface area (TPSA) is 73.2 Å². The van der Waals surface area contributed by atoms with E-state index in [0.29, 0.717) is 33.5 Å². The molecule has 6 nitrogen and oxygen atoms in total. The molecular formula is C26H34F4N2O4. The van der Waals surface area contributed by atoms with Crippen molar-refractivity contribution in [3.05, 3.63) is 59.4 Å². The normalized spacial score (nSPS) is 11.8. The monoisotopic (exact) mass is 514 g/mol. The molecule has 0 aliphatic carbocycles. The van der Waals surface area contributed by atoms with Crippen molar-refractivity contribution in [3.63, 3.8) is 0 Å². The van der Waals surface area contributed by atoms with E-state index in [-0.39, 0.29) is 12.3 Å². The van der Waals surface area contributed by atoms with Gasteiger partial charge in [-0.05, 0) is 47.4 Å². The number of rotatable bonds is 8. The van der Waals surface area contributed by atoms with Crippen LogP contribution in [0.15, 0.2) is 42.7 Å². The molecule has 2 aromatic carbocycles. The lowest BCUT2D eigenvalue weighted by Crippen LogP contribution is -2.28. The standard InChI is InChI=1S/C23H26F4N2O4.C3H8/c1-13-18(15-6-8-17(9-7-15)33-23(25,26)27)10-16(11-29(5)22(32)14(2)24)20(19(31)12-30)21(13)28(3)4;1-3-2/h6-10,19,30-31H,2,11-12H2,1,3-5H3;3H2,1-2H3. The molecule has 0 aromatic heterocycles. The number of carbonyl (C=O) groups is 1. The second-order valence-electron chi connectivity index (χ2n) is 8.41. The SMILES string of the molecule is C=C(F)C(=O)N(C)Cc1cc(-c2ccc(OC(F)(F)F)cc2)c(C)c(N(C)C)c1C(O)CO.CCC. The van der Waals surface area contributed by atoms with Crippen molar-refractivity contribution in [1.82, 2.24) is 4.90 Å². The molecule has 0 aliphatic rings. The number of nitrogens with zero attached hydrogens (tertiary/aromatic N) is 2. The number of hydrogen-bond donors (Lipinski definition) is 2. The summed E-state index contributed by atoms with van der Waals surface area (Å²) in [5.74, 6) is -2.47. The molecule has 0 heterocycles. The predicted octanol–water partition coefficient (Wildman–Crippen LogP) is 5.51. The third-order valence-electron chi connectivity index (χ3n) is 5.02. The Morgan fingerprint density at radius 2 is 1.67 bits per heavy atom. The molecule has 0 saturated carbocycles. The molecule has 0 fully saturated rings. The summed E-state index contributed by atoms with van der Waals surface area (Å²) >= 11 is 0. The zero-order valence-electron chi connectivity index (χ0n) is 21.4. The van der Waals surface area contributed by atoms with Crippen LogP contribution in [0.2, 0.25) is 0 Å². The molecule has 2 rings (SSSR count). The summed E-state index contributed by atoms with van der Waals surface area (Å²) < 4.78 is 54.7. The smallest absolute Gasteiger partial charge is 0.406 e. The van der Waals surface area contributed by atoms with E-state index < -0.39 is 30.8 Å². The first-order chi connectivity index (χ1) is 16.7. The Morgan fingerprint density at radius 1 is 1.14 bits per heavy atom. The number of alkyl halides is 3. The van der Waals surface area contributed by atoms with Crippen molar-refractivity contribution in [2.24, 2.45) is 0 Å². The fourth-order valence-electron chi connectivity index (χ4n) is 3.68. The molecule has 200 valence electrons. The van der Waals surface area contributed by atoms with Crippen molar-refractivity contribution in [3.8, 4) is 16.9 Å². The lowest BCUT2D eigenvalue weighted by Gasteiger charge is -2.29. The van der Waals surface area contributed by atoms with Crippen LogP contribution in [0.1, 0.15) is 43.1 Å². The molecule has 0 bridgehead atoms. The van der Waals surface area contributed by atoms with Crippen LogP contribution in [0.4, 0.5) is 23.2 Å². The molecule has 2 aromatic rings. The maximum atomic E-state index is 13.4. The van der Waals surface area contributed by atoms with Crippen LogP contribution in [0.3, 0.4) is 0 Å². The lowest BCUT2D eigenvalue weighted by atomic mass is 9.89. The number of carbonyl (C=O) groups excluding carboxylic acids is 1. The number of hydrogen-bond acceptors (Lipinski definition) is 5. The second-order valence-corrected chi connectivity index (χ2v) is 8.41. The summed E-state index contributed by atoms with van der Waals surface area (Å²) in [5, 5.41) is 20.2. The van der Waals surface area contributed by atoms with Gasteiger partial charge >= 0.3 is 6.36 Å². The van der Waals surface area contributed by atoms with E-state index in [9.17, 15) is 32.6 Å². The summed E-state index contributed by atoms with van der Waals surface area (Å²) in [6.45, 7) is 8.31. The molecule has 1 amide bonds. The van der Waals surface area contributed by atoms with Crippen LogP contribution >= 0.6 is 0 Å². The first-order valence-electron chi connectivity index (χ1n) is 11.3. The Hall–Kier alpha value is -3.11. The van der Waals surface area contributed by atoms with Gasteiger partial charge in [0, 0.05) is 38.9 Å². The summed E-state index contributed by atoms with van der Waals surface area (Å²) in [7, 11) is 4.81. The molecule has 1 atom stereocenters. The van der Waals surface area contributed by atoms with Crippen LogP contribution < -0.4 is 9.64 Å². The molecule has 0 aliphatic heterocycles. The van der Waals surface area contributed by atoms with Gasteiger partial charge in [-0.1, -0.05) is 39.0 Å². The lowest BCUT2D eigenvalue weighted by molar-refractivity contribution is -0.274.